The van der Waals surface area contributed by atoms with Gasteiger partial charge in [0.1, 0.15) is 5.75 Å². The summed E-state index contributed by atoms with van der Waals surface area (Å²) in [6.45, 7) is 0. The van der Waals surface area contributed by atoms with Crippen molar-refractivity contribution in [1.29, 1.82) is 0 Å². The van der Waals surface area contributed by atoms with Gasteiger partial charge in [0, 0.05) is 15.6 Å². The molecule has 2 aromatic carbocycles. The molecule has 3 rings (SSSR count). The molecule has 1 heterocycles. The lowest BCUT2D eigenvalue weighted by atomic mass is 10.2. The predicted octanol–water partition coefficient (Wildman–Crippen LogP) is 5.39. The molecule has 0 bridgehead atoms. The highest BCUT2D eigenvalue weighted by Crippen LogP contribution is 2.40. The molecule has 0 spiro atoms. The van der Waals surface area contributed by atoms with E-state index in [0.29, 0.717) is 21.3 Å². The molecule has 28 heavy (non-hydrogen) atoms. The normalized spacial score (nSPS) is 16.1. The molecule has 1 fully saturated rings. The van der Waals surface area contributed by atoms with Crippen molar-refractivity contribution in [3.8, 4) is 5.75 Å². The third-order valence-electron chi connectivity index (χ3n) is 3.44. The summed E-state index contributed by atoms with van der Waals surface area (Å²) < 4.78 is 28.2. The highest BCUT2D eigenvalue weighted by atomic mass is 35.5. The van der Waals surface area contributed by atoms with Gasteiger partial charge in [0.05, 0.1) is 21.9 Å². The van der Waals surface area contributed by atoms with E-state index in [1.54, 1.807) is 12.1 Å². The SMILES string of the molecule is CS(=O)(=O)Oc1ccc(Cl)cc1C=C1SC(=S)N(c2ccc(Cl)cc2Cl)C1=O. The van der Waals surface area contributed by atoms with E-state index in [4.69, 9.17) is 51.2 Å². The number of halogens is 3. The molecule has 2 aromatic rings. The Morgan fingerprint density at radius 3 is 2.39 bits per heavy atom. The Labute approximate surface area is 186 Å². The molecule has 0 unspecified atom stereocenters. The molecule has 0 aromatic heterocycles. The van der Waals surface area contributed by atoms with Crippen LogP contribution in [0.4, 0.5) is 5.69 Å². The molecule has 5 nitrogen and oxygen atoms in total. The lowest BCUT2D eigenvalue weighted by Gasteiger charge is -2.16. The lowest BCUT2D eigenvalue weighted by molar-refractivity contribution is -0.113. The molecular formula is C17H10Cl3NO4S3. The van der Waals surface area contributed by atoms with Crippen LogP contribution in [-0.4, -0.2) is 24.9 Å². The Balaban J connectivity index is 2.02. The van der Waals surface area contributed by atoms with Crippen LogP contribution in [0.15, 0.2) is 41.3 Å². The Kier molecular flexibility index (Phi) is 6.29. The van der Waals surface area contributed by atoms with Crippen molar-refractivity contribution in [2.45, 2.75) is 0 Å². The lowest BCUT2D eigenvalue weighted by Crippen LogP contribution is -2.27. The van der Waals surface area contributed by atoms with Crippen molar-refractivity contribution in [3.05, 3.63) is 61.9 Å². The highest BCUT2D eigenvalue weighted by Gasteiger charge is 2.34. The molecule has 0 atom stereocenters. The van der Waals surface area contributed by atoms with Crippen LogP contribution in [0.5, 0.6) is 5.75 Å². The number of hydrogen-bond donors (Lipinski definition) is 0. The number of carbonyl (C=O) groups excluding carboxylic acids is 1. The fourth-order valence-electron chi connectivity index (χ4n) is 2.35. The first-order valence-corrected chi connectivity index (χ1v) is 11.6. The number of amides is 1. The summed E-state index contributed by atoms with van der Waals surface area (Å²) in [7, 11) is -3.76. The molecule has 1 aliphatic heterocycles. The summed E-state index contributed by atoms with van der Waals surface area (Å²) in [5.74, 6) is -0.369. The molecule has 1 aliphatic rings. The van der Waals surface area contributed by atoms with Crippen molar-refractivity contribution < 1.29 is 17.4 Å². The van der Waals surface area contributed by atoms with E-state index < -0.39 is 16.0 Å². The average Bonchev–Trinajstić information content (AvgIpc) is 2.83. The summed E-state index contributed by atoms with van der Waals surface area (Å²) >= 11 is 24.5. The van der Waals surface area contributed by atoms with Crippen LogP contribution in [-0.2, 0) is 14.9 Å². The summed E-state index contributed by atoms with van der Waals surface area (Å²) in [6, 6.07) is 9.08. The maximum Gasteiger partial charge on any atom is 0.306 e. The number of anilines is 1. The fourth-order valence-corrected chi connectivity index (χ4v) is 4.78. The number of rotatable bonds is 4. The van der Waals surface area contributed by atoms with Gasteiger partial charge in [-0.25, -0.2) is 0 Å². The van der Waals surface area contributed by atoms with Gasteiger partial charge < -0.3 is 4.18 Å². The van der Waals surface area contributed by atoms with Crippen LogP contribution < -0.4 is 9.08 Å². The van der Waals surface area contributed by atoms with Crippen molar-refractivity contribution in [2.75, 3.05) is 11.2 Å². The first-order chi connectivity index (χ1) is 13.0. The van der Waals surface area contributed by atoms with Gasteiger partial charge in [-0.3, -0.25) is 9.69 Å². The first kappa shape index (κ1) is 21.4. The van der Waals surface area contributed by atoms with Crippen molar-refractivity contribution >= 4 is 90.9 Å². The Morgan fingerprint density at radius 2 is 1.75 bits per heavy atom. The zero-order valence-electron chi connectivity index (χ0n) is 14.0. The molecule has 146 valence electrons. The molecule has 0 radical (unpaired) electrons. The summed E-state index contributed by atoms with van der Waals surface area (Å²) in [4.78, 5) is 14.4. The number of hydrogen-bond acceptors (Lipinski definition) is 6. The molecular weight excluding hydrogens is 485 g/mol. The van der Waals surface area contributed by atoms with E-state index in [9.17, 15) is 13.2 Å². The first-order valence-electron chi connectivity index (χ1n) is 7.47. The summed E-state index contributed by atoms with van der Waals surface area (Å²) in [5.41, 5.74) is 0.719. The van der Waals surface area contributed by atoms with E-state index in [0.717, 1.165) is 18.0 Å². The molecule has 1 saturated heterocycles. The van der Waals surface area contributed by atoms with Crippen molar-refractivity contribution in [1.82, 2.24) is 0 Å². The molecule has 1 amide bonds. The second-order valence-electron chi connectivity index (χ2n) is 5.58. The van der Waals surface area contributed by atoms with E-state index in [1.807, 2.05) is 0 Å². The second-order valence-corrected chi connectivity index (χ2v) is 10.1. The molecule has 11 heteroatoms. The maximum atomic E-state index is 12.9. The van der Waals surface area contributed by atoms with Crippen molar-refractivity contribution in [3.63, 3.8) is 0 Å². The van der Waals surface area contributed by atoms with Crippen LogP contribution in [0.1, 0.15) is 5.56 Å². The topological polar surface area (TPSA) is 63.7 Å². The molecule has 0 saturated carbocycles. The molecule has 0 N–H and O–H groups in total. The van der Waals surface area contributed by atoms with Gasteiger partial charge in [-0.05, 0) is 42.5 Å². The second kappa shape index (κ2) is 8.22. The number of thiocarbonyl (C=S) groups is 1. The highest BCUT2D eigenvalue weighted by molar-refractivity contribution is 8.27. The summed E-state index contributed by atoms with van der Waals surface area (Å²) in [5, 5.41) is 1.05. The minimum absolute atomic E-state index is 0.0432. The third kappa shape index (κ3) is 4.82. The molecule has 0 aliphatic carbocycles. The minimum atomic E-state index is -3.76. The van der Waals surface area contributed by atoms with E-state index in [2.05, 4.69) is 0 Å². The van der Waals surface area contributed by atoms with Crippen LogP contribution in [0.25, 0.3) is 6.08 Å². The van der Waals surface area contributed by atoms with Gasteiger partial charge >= 0.3 is 10.1 Å². The van der Waals surface area contributed by atoms with Crippen LogP contribution in [0, 0.1) is 0 Å². The minimum Gasteiger partial charge on any atom is -0.382 e. The maximum absolute atomic E-state index is 12.9. The van der Waals surface area contributed by atoms with Crippen LogP contribution >= 0.6 is 58.8 Å². The smallest absolute Gasteiger partial charge is 0.306 e. The zero-order valence-corrected chi connectivity index (χ0v) is 18.7. The average molecular weight is 495 g/mol. The van der Waals surface area contributed by atoms with Gasteiger partial charge in [-0.2, -0.15) is 8.42 Å². The van der Waals surface area contributed by atoms with Gasteiger partial charge in [-0.1, -0.05) is 58.8 Å². The van der Waals surface area contributed by atoms with Crippen LogP contribution in [0.3, 0.4) is 0 Å². The quantitative estimate of drug-likeness (QED) is 0.322. The van der Waals surface area contributed by atoms with E-state index in [-0.39, 0.29) is 20.0 Å². The Hall–Kier alpha value is -1.29. The largest absolute Gasteiger partial charge is 0.382 e. The number of benzene rings is 2. The van der Waals surface area contributed by atoms with Gasteiger partial charge in [-0.15, -0.1) is 0 Å². The van der Waals surface area contributed by atoms with Crippen molar-refractivity contribution in [2.24, 2.45) is 0 Å². The van der Waals surface area contributed by atoms with Gasteiger partial charge in [0.25, 0.3) is 5.91 Å². The number of thioether (sulfide) groups is 1. The van der Waals surface area contributed by atoms with Crippen LogP contribution in [0.2, 0.25) is 15.1 Å². The van der Waals surface area contributed by atoms with E-state index in [1.165, 1.54) is 35.2 Å². The van der Waals surface area contributed by atoms with E-state index >= 15 is 0 Å². The Bertz CT molecular complexity index is 1130. The third-order valence-corrected chi connectivity index (χ3v) is 6.00. The monoisotopic (exact) mass is 493 g/mol. The number of carbonyl (C=O) groups is 1. The van der Waals surface area contributed by atoms with Gasteiger partial charge in [0.15, 0.2) is 4.32 Å². The summed E-state index contributed by atoms with van der Waals surface area (Å²) in [6.07, 6.45) is 2.39. The standard InChI is InChI=1S/C17H10Cl3NO4S3/c1-28(23,24)25-14-5-3-10(18)6-9(14)7-15-16(22)21(17(26)27-15)13-4-2-11(19)8-12(13)20/h2-8H,1H3. The fraction of sp³-hybridized carbons (Fsp3) is 0.0588. The predicted molar refractivity (Wildman–Crippen MR) is 119 cm³/mol. The zero-order chi connectivity index (χ0) is 20.6. The number of nitrogens with zero attached hydrogens (tertiary/aromatic N) is 1. The Morgan fingerprint density at radius 1 is 1.11 bits per heavy atom. The van der Waals surface area contributed by atoms with Gasteiger partial charge in [0.2, 0.25) is 0 Å².